The Bertz CT molecular complexity index is 310. The zero-order valence-electron chi connectivity index (χ0n) is 8.75. The van der Waals surface area contributed by atoms with Gasteiger partial charge in [0.15, 0.2) is 0 Å². The number of nitrogens with two attached hydrogens (primary N) is 2. The highest BCUT2D eigenvalue weighted by atomic mass is 16.4. The molecule has 0 aliphatic carbocycles. The van der Waals surface area contributed by atoms with Gasteiger partial charge in [-0.2, -0.15) is 0 Å². The minimum Gasteiger partial charge on any atom is -0.480 e. The average molecular weight is 247 g/mol. The van der Waals surface area contributed by atoms with Gasteiger partial charge >= 0.3 is 11.9 Å². The number of carboxylic acids is 2. The molecular weight excluding hydrogens is 234 g/mol. The highest BCUT2D eigenvalue weighted by Gasteiger charge is 2.28. The van der Waals surface area contributed by atoms with Gasteiger partial charge in [0.1, 0.15) is 12.1 Å². The summed E-state index contributed by atoms with van der Waals surface area (Å²) >= 11 is 0. The van der Waals surface area contributed by atoms with Gasteiger partial charge in [0.25, 0.3) is 0 Å². The van der Waals surface area contributed by atoms with E-state index in [0.29, 0.717) is 0 Å². The van der Waals surface area contributed by atoms with Gasteiger partial charge in [-0.1, -0.05) is 0 Å². The monoisotopic (exact) mass is 247 g/mol. The van der Waals surface area contributed by atoms with Crippen LogP contribution in [0.15, 0.2) is 0 Å². The molecule has 0 bridgehead atoms. The van der Waals surface area contributed by atoms with E-state index < -0.39 is 48.7 Å². The molecular formula is C8H13N3O6. The molecule has 0 radical (unpaired) electrons. The van der Waals surface area contributed by atoms with Gasteiger partial charge in [-0.15, -0.1) is 0 Å². The van der Waals surface area contributed by atoms with E-state index in [1.54, 1.807) is 0 Å². The quantitative estimate of drug-likeness (QED) is 0.308. The number of carboxylic acid groups (broad SMARTS) is 2. The molecule has 0 rings (SSSR count). The zero-order chi connectivity index (χ0) is 13.6. The van der Waals surface area contributed by atoms with Gasteiger partial charge in [0.2, 0.25) is 11.8 Å². The van der Waals surface area contributed by atoms with Gasteiger partial charge in [0, 0.05) is 0 Å². The zero-order valence-corrected chi connectivity index (χ0v) is 8.75. The van der Waals surface area contributed by atoms with E-state index in [0.717, 1.165) is 0 Å². The third kappa shape index (κ3) is 6.10. The number of carbonyl (C=O) groups is 4. The lowest BCUT2D eigenvalue weighted by atomic mass is 10.1. The number of carbonyl (C=O) groups excluding carboxylic acids is 2. The van der Waals surface area contributed by atoms with Crippen molar-refractivity contribution < 1.29 is 29.4 Å². The summed E-state index contributed by atoms with van der Waals surface area (Å²) < 4.78 is 0. The van der Waals surface area contributed by atoms with Crippen LogP contribution in [0.1, 0.15) is 12.8 Å². The van der Waals surface area contributed by atoms with Crippen molar-refractivity contribution in [1.29, 1.82) is 0 Å². The lowest BCUT2D eigenvalue weighted by Gasteiger charge is -2.18. The van der Waals surface area contributed by atoms with Gasteiger partial charge in [-0.25, -0.2) is 0 Å². The molecule has 0 aliphatic heterocycles. The van der Waals surface area contributed by atoms with Gasteiger partial charge < -0.3 is 21.7 Å². The summed E-state index contributed by atoms with van der Waals surface area (Å²) in [4.78, 5) is 42.5. The Morgan fingerprint density at radius 3 is 1.35 bits per heavy atom. The van der Waals surface area contributed by atoms with Crippen LogP contribution < -0.4 is 16.8 Å². The molecule has 0 fully saturated rings. The van der Waals surface area contributed by atoms with Gasteiger partial charge in [-0.3, -0.25) is 24.5 Å². The fourth-order valence-corrected chi connectivity index (χ4v) is 1.08. The largest absolute Gasteiger partial charge is 0.480 e. The molecule has 2 amide bonds. The summed E-state index contributed by atoms with van der Waals surface area (Å²) in [6, 6.07) is -2.96. The Morgan fingerprint density at radius 1 is 0.882 bits per heavy atom. The van der Waals surface area contributed by atoms with Crippen LogP contribution in [0.2, 0.25) is 0 Å². The average Bonchev–Trinajstić information content (AvgIpc) is 2.13. The third-order valence-electron chi connectivity index (χ3n) is 1.81. The maximum atomic E-state index is 10.7. The summed E-state index contributed by atoms with van der Waals surface area (Å²) in [6.45, 7) is 0. The number of amides is 2. The second-order valence-electron chi connectivity index (χ2n) is 3.29. The van der Waals surface area contributed by atoms with E-state index in [9.17, 15) is 19.2 Å². The van der Waals surface area contributed by atoms with Gasteiger partial charge in [0.05, 0.1) is 12.8 Å². The molecule has 9 heteroatoms. The molecule has 0 aliphatic rings. The molecule has 0 aromatic rings. The first kappa shape index (κ1) is 14.8. The number of rotatable bonds is 8. The first-order valence-corrected chi connectivity index (χ1v) is 4.52. The summed E-state index contributed by atoms with van der Waals surface area (Å²) in [5, 5.41) is 19.5. The lowest BCUT2D eigenvalue weighted by molar-refractivity contribution is -0.145. The molecule has 0 saturated heterocycles. The van der Waals surface area contributed by atoms with E-state index in [1.165, 1.54) is 0 Å². The third-order valence-corrected chi connectivity index (χ3v) is 1.81. The number of primary amides is 2. The summed E-state index contributed by atoms with van der Waals surface area (Å²) in [5.74, 6) is -4.71. The van der Waals surface area contributed by atoms with Crippen LogP contribution >= 0.6 is 0 Å². The molecule has 0 heterocycles. The topological polar surface area (TPSA) is 173 Å². The van der Waals surface area contributed by atoms with Crippen molar-refractivity contribution in [2.75, 3.05) is 0 Å². The van der Waals surface area contributed by atoms with Crippen LogP contribution in [-0.4, -0.2) is 46.0 Å². The number of nitrogens with one attached hydrogen (secondary N) is 1. The molecule has 9 nitrogen and oxygen atoms in total. The molecule has 0 aromatic heterocycles. The maximum absolute atomic E-state index is 10.7. The smallest absolute Gasteiger partial charge is 0.321 e. The Kier molecular flexibility index (Phi) is 5.61. The summed E-state index contributed by atoms with van der Waals surface area (Å²) in [6.07, 6.45) is -1.17. The maximum Gasteiger partial charge on any atom is 0.321 e. The second kappa shape index (κ2) is 6.43. The van der Waals surface area contributed by atoms with E-state index in [-0.39, 0.29) is 0 Å². The summed E-state index contributed by atoms with van der Waals surface area (Å²) in [5.41, 5.74) is 9.61. The number of hydrogen-bond donors (Lipinski definition) is 5. The molecule has 7 N–H and O–H groups in total. The molecule has 0 spiro atoms. The van der Waals surface area contributed by atoms with Crippen molar-refractivity contribution in [3.63, 3.8) is 0 Å². The standard InChI is InChI=1S/C8H13N3O6/c9-5(12)1-3(7(14)15)11-4(8(16)17)2-6(10)13/h3-4,11H,1-2H2,(H2,9,12)(H2,10,13)(H,14,15)(H,16,17). The number of hydrogen-bond acceptors (Lipinski definition) is 5. The molecule has 96 valence electrons. The fraction of sp³-hybridized carbons (Fsp3) is 0.500. The predicted molar refractivity (Wildman–Crippen MR) is 53.6 cm³/mol. The van der Waals surface area contributed by atoms with Crippen molar-refractivity contribution in [2.45, 2.75) is 24.9 Å². The van der Waals surface area contributed by atoms with Crippen LogP contribution in [0.25, 0.3) is 0 Å². The van der Waals surface area contributed by atoms with Crippen LogP contribution in [0.4, 0.5) is 0 Å². The van der Waals surface area contributed by atoms with Crippen LogP contribution in [-0.2, 0) is 19.2 Å². The SMILES string of the molecule is NC(=O)CC(NC(CC(N)=O)C(=O)O)C(=O)O. The van der Waals surface area contributed by atoms with Gasteiger partial charge in [-0.05, 0) is 0 Å². The minimum absolute atomic E-state index is 0.585. The summed E-state index contributed by atoms with van der Waals surface area (Å²) in [7, 11) is 0. The van der Waals surface area contributed by atoms with Crippen molar-refractivity contribution in [2.24, 2.45) is 11.5 Å². The van der Waals surface area contributed by atoms with E-state index in [1.807, 2.05) is 0 Å². The molecule has 2 unspecified atom stereocenters. The van der Waals surface area contributed by atoms with E-state index >= 15 is 0 Å². The fourth-order valence-electron chi connectivity index (χ4n) is 1.08. The Labute approximate surface area is 95.8 Å². The molecule has 2 atom stereocenters. The second-order valence-corrected chi connectivity index (χ2v) is 3.29. The number of aliphatic carboxylic acids is 2. The van der Waals surface area contributed by atoms with Crippen LogP contribution in [0.5, 0.6) is 0 Å². The van der Waals surface area contributed by atoms with E-state index in [4.69, 9.17) is 21.7 Å². The minimum atomic E-state index is -1.48. The predicted octanol–water partition coefficient (Wildman–Crippen LogP) is -2.77. The Hall–Kier alpha value is -2.16. The molecule has 17 heavy (non-hydrogen) atoms. The first-order valence-electron chi connectivity index (χ1n) is 4.52. The van der Waals surface area contributed by atoms with Crippen molar-refractivity contribution in [3.8, 4) is 0 Å². The van der Waals surface area contributed by atoms with Crippen molar-refractivity contribution in [1.82, 2.24) is 5.32 Å². The van der Waals surface area contributed by atoms with Crippen molar-refractivity contribution >= 4 is 23.8 Å². The van der Waals surface area contributed by atoms with Crippen molar-refractivity contribution in [3.05, 3.63) is 0 Å². The van der Waals surface area contributed by atoms with Crippen LogP contribution in [0, 0.1) is 0 Å². The van der Waals surface area contributed by atoms with Crippen LogP contribution in [0.3, 0.4) is 0 Å². The lowest BCUT2D eigenvalue weighted by Crippen LogP contribution is -2.50. The van der Waals surface area contributed by atoms with E-state index in [2.05, 4.69) is 5.32 Å². The molecule has 0 saturated carbocycles. The first-order chi connectivity index (χ1) is 7.73. The Morgan fingerprint density at radius 2 is 1.18 bits per heavy atom. The Balaban J connectivity index is 4.67. The normalized spacial score (nSPS) is 13.6. The molecule has 0 aromatic carbocycles. The highest BCUT2D eigenvalue weighted by Crippen LogP contribution is 1.99. The highest BCUT2D eigenvalue weighted by molar-refractivity contribution is 5.86.